The molecule has 0 saturated heterocycles. The van der Waals surface area contributed by atoms with E-state index in [-0.39, 0.29) is 12.5 Å². The maximum Gasteiger partial charge on any atom is 0.252 e. The lowest BCUT2D eigenvalue weighted by Gasteiger charge is -2.24. The number of nitrogens with two attached hydrogens (primary N) is 1. The lowest BCUT2D eigenvalue weighted by molar-refractivity contribution is -0.144. The molecule has 0 bridgehead atoms. The van der Waals surface area contributed by atoms with Gasteiger partial charge in [-0.25, -0.2) is 0 Å². The summed E-state index contributed by atoms with van der Waals surface area (Å²) in [5.74, 6) is -0.809. The molecule has 0 fully saturated rings. The van der Waals surface area contributed by atoms with Crippen LogP contribution in [-0.2, 0) is 20.9 Å². The largest absolute Gasteiger partial charge is 0.372 e. The Bertz CT molecular complexity index is 684. The van der Waals surface area contributed by atoms with Crippen molar-refractivity contribution in [3.63, 3.8) is 0 Å². The first-order chi connectivity index (χ1) is 11.5. The van der Waals surface area contributed by atoms with E-state index in [9.17, 15) is 9.59 Å². The summed E-state index contributed by atoms with van der Waals surface area (Å²) in [6.07, 6.45) is -0.618. The van der Waals surface area contributed by atoms with Gasteiger partial charge in [0.1, 0.15) is 6.10 Å². The summed E-state index contributed by atoms with van der Waals surface area (Å²) in [6.45, 7) is 1.83. The molecule has 0 aliphatic heterocycles. The zero-order chi connectivity index (χ0) is 17.5. The van der Waals surface area contributed by atoms with Gasteiger partial charge in [-0.15, -0.1) is 0 Å². The van der Waals surface area contributed by atoms with Crippen LogP contribution in [0.3, 0.4) is 0 Å². The predicted molar refractivity (Wildman–Crippen MR) is 93.0 cm³/mol. The van der Waals surface area contributed by atoms with Crippen LogP contribution in [0.25, 0.3) is 11.1 Å². The van der Waals surface area contributed by atoms with E-state index in [1.165, 1.54) is 12.0 Å². The molecule has 0 heterocycles. The van der Waals surface area contributed by atoms with Crippen molar-refractivity contribution in [3.05, 3.63) is 60.2 Å². The fourth-order valence-corrected chi connectivity index (χ4v) is 2.41. The minimum Gasteiger partial charge on any atom is -0.372 e. The van der Waals surface area contributed by atoms with E-state index in [0.717, 1.165) is 16.7 Å². The van der Waals surface area contributed by atoms with Gasteiger partial charge in [-0.05, 0) is 23.6 Å². The normalized spacial score (nSPS) is 11.8. The molecule has 24 heavy (non-hydrogen) atoms. The van der Waals surface area contributed by atoms with Crippen LogP contribution in [0.4, 0.5) is 0 Å². The number of benzene rings is 2. The Balaban J connectivity index is 2.14. The quantitative estimate of drug-likeness (QED) is 0.848. The van der Waals surface area contributed by atoms with Crippen molar-refractivity contribution in [1.29, 1.82) is 0 Å². The molecule has 1 atom stereocenters. The Labute approximate surface area is 142 Å². The van der Waals surface area contributed by atoms with Crippen LogP contribution >= 0.6 is 0 Å². The minimum absolute atomic E-state index is 0.132. The summed E-state index contributed by atoms with van der Waals surface area (Å²) >= 11 is 0. The number of rotatable bonds is 7. The third-order valence-corrected chi connectivity index (χ3v) is 3.79. The van der Waals surface area contributed by atoms with E-state index in [1.54, 1.807) is 6.92 Å². The maximum atomic E-state index is 12.3. The molecule has 2 N–H and O–H groups in total. The Morgan fingerprint density at radius 1 is 1.04 bits per heavy atom. The second-order valence-corrected chi connectivity index (χ2v) is 5.60. The Kier molecular flexibility index (Phi) is 6.09. The van der Waals surface area contributed by atoms with Gasteiger partial charge in [-0.2, -0.15) is 0 Å². The predicted octanol–water partition coefficient (Wildman–Crippen LogP) is 2.20. The zero-order valence-electron chi connectivity index (χ0n) is 13.9. The second kappa shape index (κ2) is 8.26. The number of primary amides is 1. The first-order valence-corrected chi connectivity index (χ1v) is 7.75. The Morgan fingerprint density at radius 3 is 2.17 bits per heavy atom. The Morgan fingerprint density at radius 2 is 1.62 bits per heavy atom. The van der Waals surface area contributed by atoms with Gasteiger partial charge in [-0.3, -0.25) is 9.59 Å². The number of nitrogens with zero attached hydrogens (tertiary/aromatic N) is 1. The highest BCUT2D eigenvalue weighted by Crippen LogP contribution is 2.20. The number of hydrogen-bond donors (Lipinski definition) is 1. The van der Waals surface area contributed by atoms with Gasteiger partial charge in [0.25, 0.3) is 5.91 Å². The number of methoxy groups -OCH3 is 1. The summed E-state index contributed by atoms with van der Waals surface area (Å²) in [6, 6.07) is 17.9. The standard InChI is InChI=1S/C19H22N2O3/c1-14(24-2)19(23)21(13-18(20)22)12-15-8-10-17(11-9-15)16-6-4-3-5-7-16/h3-11,14H,12-13H2,1-2H3,(H2,20,22). The van der Waals surface area contributed by atoms with Crippen molar-refractivity contribution in [2.24, 2.45) is 5.73 Å². The van der Waals surface area contributed by atoms with Gasteiger partial charge in [0, 0.05) is 13.7 Å². The summed E-state index contributed by atoms with van der Waals surface area (Å²) in [5.41, 5.74) is 8.40. The number of carbonyl (C=O) groups excluding carboxylic acids is 2. The van der Waals surface area contributed by atoms with Crippen molar-refractivity contribution in [2.45, 2.75) is 19.6 Å². The number of ether oxygens (including phenoxy) is 1. The van der Waals surface area contributed by atoms with Crippen LogP contribution in [0.2, 0.25) is 0 Å². The number of carbonyl (C=O) groups is 2. The molecule has 0 aliphatic carbocycles. The van der Waals surface area contributed by atoms with Crippen LogP contribution in [0.1, 0.15) is 12.5 Å². The third kappa shape index (κ3) is 4.67. The topological polar surface area (TPSA) is 72.6 Å². The smallest absolute Gasteiger partial charge is 0.252 e. The van der Waals surface area contributed by atoms with Crippen molar-refractivity contribution in [2.75, 3.05) is 13.7 Å². The summed E-state index contributed by atoms with van der Waals surface area (Å²) < 4.78 is 5.05. The molecule has 2 amide bonds. The molecular formula is C19H22N2O3. The highest BCUT2D eigenvalue weighted by atomic mass is 16.5. The maximum absolute atomic E-state index is 12.3. The van der Waals surface area contributed by atoms with Crippen molar-refractivity contribution in [1.82, 2.24) is 4.90 Å². The van der Waals surface area contributed by atoms with Gasteiger partial charge in [-0.1, -0.05) is 54.6 Å². The monoisotopic (exact) mass is 326 g/mol. The SMILES string of the molecule is COC(C)C(=O)N(CC(N)=O)Cc1ccc(-c2ccccc2)cc1. The van der Waals surface area contributed by atoms with Gasteiger partial charge in [0.15, 0.2) is 0 Å². The molecule has 2 rings (SSSR count). The zero-order valence-corrected chi connectivity index (χ0v) is 13.9. The molecule has 1 unspecified atom stereocenters. The highest BCUT2D eigenvalue weighted by Gasteiger charge is 2.21. The molecule has 2 aromatic carbocycles. The molecular weight excluding hydrogens is 304 g/mol. The molecule has 126 valence electrons. The molecule has 5 heteroatoms. The second-order valence-electron chi connectivity index (χ2n) is 5.60. The summed E-state index contributed by atoms with van der Waals surface area (Å²) in [4.78, 5) is 24.9. The lowest BCUT2D eigenvalue weighted by atomic mass is 10.0. The molecule has 0 aromatic heterocycles. The molecule has 5 nitrogen and oxygen atoms in total. The molecule has 0 spiro atoms. The minimum atomic E-state index is -0.618. The summed E-state index contributed by atoms with van der Waals surface area (Å²) in [7, 11) is 1.46. The molecule has 0 radical (unpaired) electrons. The average Bonchev–Trinajstić information content (AvgIpc) is 2.61. The first-order valence-electron chi connectivity index (χ1n) is 7.75. The fourth-order valence-electron chi connectivity index (χ4n) is 2.41. The van der Waals surface area contributed by atoms with E-state index in [1.807, 2.05) is 54.6 Å². The van der Waals surface area contributed by atoms with Crippen LogP contribution in [-0.4, -0.2) is 36.5 Å². The molecule has 0 aliphatic rings. The number of hydrogen-bond acceptors (Lipinski definition) is 3. The van der Waals surface area contributed by atoms with Gasteiger partial charge in [0.05, 0.1) is 6.54 Å². The van der Waals surface area contributed by atoms with Crippen LogP contribution in [0, 0.1) is 0 Å². The van der Waals surface area contributed by atoms with Gasteiger partial charge >= 0.3 is 0 Å². The first kappa shape index (κ1) is 17.7. The Hall–Kier alpha value is -2.66. The van der Waals surface area contributed by atoms with E-state index in [2.05, 4.69) is 0 Å². The third-order valence-electron chi connectivity index (χ3n) is 3.79. The molecule has 2 aromatic rings. The van der Waals surface area contributed by atoms with E-state index in [0.29, 0.717) is 6.54 Å². The molecule has 0 saturated carbocycles. The lowest BCUT2D eigenvalue weighted by Crippen LogP contribution is -2.43. The van der Waals surface area contributed by atoms with Crippen molar-refractivity contribution >= 4 is 11.8 Å². The van der Waals surface area contributed by atoms with Gasteiger partial charge < -0.3 is 15.4 Å². The van der Waals surface area contributed by atoms with Crippen LogP contribution < -0.4 is 5.73 Å². The average molecular weight is 326 g/mol. The van der Waals surface area contributed by atoms with Gasteiger partial charge in [0.2, 0.25) is 5.91 Å². The van der Waals surface area contributed by atoms with E-state index < -0.39 is 12.0 Å². The van der Waals surface area contributed by atoms with Crippen molar-refractivity contribution < 1.29 is 14.3 Å². The van der Waals surface area contributed by atoms with E-state index >= 15 is 0 Å². The fraction of sp³-hybridized carbons (Fsp3) is 0.263. The number of amides is 2. The summed E-state index contributed by atoms with van der Waals surface area (Å²) in [5, 5.41) is 0. The van der Waals surface area contributed by atoms with Crippen LogP contribution in [0.15, 0.2) is 54.6 Å². The van der Waals surface area contributed by atoms with E-state index in [4.69, 9.17) is 10.5 Å². The van der Waals surface area contributed by atoms with Crippen molar-refractivity contribution in [3.8, 4) is 11.1 Å². The van der Waals surface area contributed by atoms with Crippen LogP contribution in [0.5, 0.6) is 0 Å². The highest BCUT2D eigenvalue weighted by molar-refractivity contribution is 5.86.